The van der Waals surface area contributed by atoms with Gasteiger partial charge in [-0.15, -0.1) is 0 Å². The molecule has 0 spiro atoms. The number of likely N-dealkylation sites (N-methyl/N-ethyl adjacent to an activating group) is 1. The molecule has 0 unspecified atom stereocenters. The molecule has 0 aliphatic carbocycles. The molecule has 0 aromatic carbocycles. The van der Waals surface area contributed by atoms with E-state index in [-0.39, 0.29) is 12.6 Å². The molecule has 1 N–H and O–H groups in total. The summed E-state index contributed by atoms with van der Waals surface area (Å²) in [5, 5.41) is 8.61. The molecule has 8 nitrogen and oxygen atoms in total. The molecule has 9 heteroatoms. The van der Waals surface area contributed by atoms with Crippen LogP contribution in [0.3, 0.4) is 0 Å². The van der Waals surface area contributed by atoms with Crippen LogP contribution in [0.25, 0.3) is 0 Å². The van der Waals surface area contributed by atoms with Crippen molar-refractivity contribution in [3.8, 4) is 0 Å². The molecule has 0 atom stereocenters. The van der Waals surface area contributed by atoms with Crippen molar-refractivity contribution in [1.82, 2.24) is 0 Å². The number of rotatable bonds is 5. The quantitative estimate of drug-likeness (QED) is 0.217. The zero-order valence-corrected chi connectivity index (χ0v) is 11.2. The number of aliphatic hydroxyl groups excluding tert-OH is 1. The SMILES string of the molecule is CC(=O)OC[N+](C)(C)CCO.COS(=O)(=O)[O-]. The number of ether oxygens (including phenoxy) is 1. The summed E-state index contributed by atoms with van der Waals surface area (Å²) in [6.07, 6.45) is 0. The largest absolute Gasteiger partial charge is 0.726 e. The first-order valence-corrected chi connectivity index (χ1v) is 5.95. The number of nitrogens with zero attached hydrogens (tertiary/aromatic N) is 1. The van der Waals surface area contributed by atoms with E-state index in [4.69, 9.17) is 9.84 Å². The second kappa shape index (κ2) is 8.37. The molecule has 0 rings (SSSR count). The van der Waals surface area contributed by atoms with Gasteiger partial charge in [0, 0.05) is 6.92 Å². The Bertz CT molecular complexity index is 312. The highest BCUT2D eigenvalue weighted by Gasteiger charge is 2.14. The first-order valence-electron chi connectivity index (χ1n) is 4.61. The summed E-state index contributed by atoms with van der Waals surface area (Å²) in [5.74, 6) is -0.283. The second-order valence-corrected chi connectivity index (χ2v) is 4.87. The molecular weight excluding hydrogens is 254 g/mol. The molecule has 104 valence electrons. The first-order chi connectivity index (χ1) is 7.54. The third-order valence-electron chi connectivity index (χ3n) is 1.53. The van der Waals surface area contributed by atoms with Crippen LogP contribution in [0, 0.1) is 0 Å². The van der Waals surface area contributed by atoms with Gasteiger partial charge in [-0.2, -0.15) is 0 Å². The molecule has 0 saturated heterocycles. The number of aliphatic hydroxyl groups is 1. The molecule has 0 heterocycles. The monoisotopic (exact) mass is 273 g/mol. The minimum atomic E-state index is -4.41. The maximum absolute atomic E-state index is 10.4. The summed E-state index contributed by atoms with van der Waals surface area (Å²) in [7, 11) is 0.172. The molecule has 0 fully saturated rings. The van der Waals surface area contributed by atoms with E-state index in [1.54, 1.807) is 0 Å². The fourth-order valence-electron chi connectivity index (χ4n) is 0.601. The normalized spacial score (nSPS) is 11.4. The van der Waals surface area contributed by atoms with E-state index >= 15 is 0 Å². The average Bonchev–Trinajstić information content (AvgIpc) is 2.15. The molecule has 0 aliphatic rings. The lowest BCUT2D eigenvalue weighted by Gasteiger charge is -2.27. The summed E-state index contributed by atoms with van der Waals surface area (Å²) in [4.78, 5) is 10.4. The highest BCUT2D eigenvalue weighted by Crippen LogP contribution is 1.95. The van der Waals surface area contributed by atoms with Gasteiger partial charge in [0.05, 0.1) is 27.8 Å². The number of carbonyl (C=O) groups is 1. The van der Waals surface area contributed by atoms with Crippen molar-refractivity contribution in [3.05, 3.63) is 0 Å². The van der Waals surface area contributed by atoms with E-state index in [2.05, 4.69) is 4.18 Å². The van der Waals surface area contributed by atoms with Gasteiger partial charge < -0.3 is 14.4 Å². The van der Waals surface area contributed by atoms with Gasteiger partial charge in [-0.1, -0.05) is 0 Å². The Morgan fingerprint density at radius 1 is 1.41 bits per heavy atom. The maximum Gasteiger partial charge on any atom is 0.306 e. The molecule has 0 aromatic rings. The molecule has 0 saturated carbocycles. The molecule has 0 amide bonds. The fourth-order valence-corrected chi connectivity index (χ4v) is 0.601. The van der Waals surface area contributed by atoms with Crippen molar-refractivity contribution in [1.29, 1.82) is 0 Å². The van der Waals surface area contributed by atoms with Crippen LogP contribution in [0.2, 0.25) is 0 Å². The predicted octanol–water partition coefficient (Wildman–Crippen LogP) is -1.33. The van der Waals surface area contributed by atoms with Crippen molar-refractivity contribution in [2.45, 2.75) is 6.92 Å². The van der Waals surface area contributed by atoms with Crippen LogP contribution >= 0.6 is 0 Å². The van der Waals surface area contributed by atoms with Gasteiger partial charge in [0.25, 0.3) is 0 Å². The number of quaternary nitrogens is 1. The van der Waals surface area contributed by atoms with Gasteiger partial charge in [0.15, 0.2) is 0 Å². The van der Waals surface area contributed by atoms with Crippen LogP contribution in [-0.4, -0.2) is 69.6 Å². The molecule has 0 aromatic heterocycles. The van der Waals surface area contributed by atoms with E-state index in [0.717, 1.165) is 7.11 Å². The topological polar surface area (TPSA) is 113 Å². The van der Waals surface area contributed by atoms with Gasteiger partial charge in [0.2, 0.25) is 17.1 Å². The number of hydrogen-bond donors (Lipinski definition) is 1. The lowest BCUT2D eigenvalue weighted by molar-refractivity contribution is -0.907. The second-order valence-electron chi connectivity index (χ2n) is 3.72. The lowest BCUT2D eigenvalue weighted by atomic mass is 10.5. The Balaban J connectivity index is 0. The number of hydrogen-bond acceptors (Lipinski definition) is 7. The molecule has 17 heavy (non-hydrogen) atoms. The summed E-state index contributed by atoms with van der Waals surface area (Å²) < 4.78 is 36.3. The highest BCUT2D eigenvalue weighted by atomic mass is 32.3. The van der Waals surface area contributed by atoms with Gasteiger partial charge in [-0.3, -0.25) is 13.5 Å². The van der Waals surface area contributed by atoms with Crippen LogP contribution in [0.15, 0.2) is 0 Å². The standard InChI is InChI=1S/C7H16NO3.CH4O4S/c1-7(10)11-6-8(2,3)4-5-9;1-5-6(2,3)4/h9H,4-6H2,1-3H3;1H3,(H,2,3,4)/q+1;/p-1. The maximum atomic E-state index is 10.4. The predicted molar refractivity (Wildman–Crippen MR) is 57.4 cm³/mol. The van der Waals surface area contributed by atoms with E-state index in [0.29, 0.717) is 17.8 Å². The third kappa shape index (κ3) is 17.9. The number of carbonyl (C=O) groups excluding carboxylic acids is 1. The highest BCUT2D eigenvalue weighted by molar-refractivity contribution is 7.80. The van der Waals surface area contributed by atoms with Crippen molar-refractivity contribution in [3.63, 3.8) is 0 Å². The fraction of sp³-hybridized carbons (Fsp3) is 0.875. The Hall–Kier alpha value is -0.740. The zero-order chi connectivity index (χ0) is 14.1. The average molecular weight is 273 g/mol. The summed E-state index contributed by atoms with van der Waals surface area (Å²) in [6, 6.07) is 0. The van der Waals surface area contributed by atoms with Crippen LogP contribution in [0.5, 0.6) is 0 Å². The van der Waals surface area contributed by atoms with Crippen molar-refractivity contribution < 1.29 is 36.3 Å². The Morgan fingerprint density at radius 3 is 2.06 bits per heavy atom. The van der Waals surface area contributed by atoms with E-state index in [1.165, 1.54) is 6.92 Å². The van der Waals surface area contributed by atoms with Gasteiger partial charge >= 0.3 is 5.97 Å². The molecule has 0 bridgehead atoms. The third-order valence-corrected chi connectivity index (χ3v) is 1.93. The Morgan fingerprint density at radius 2 is 1.82 bits per heavy atom. The van der Waals surface area contributed by atoms with E-state index in [9.17, 15) is 17.8 Å². The first kappa shape index (κ1) is 18.6. The minimum Gasteiger partial charge on any atom is -0.726 e. The van der Waals surface area contributed by atoms with Crippen LogP contribution in [-0.2, 0) is 24.1 Å². The summed E-state index contributed by atoms with van der Waals surface area (Å²) in [6.45, 7) is 2.39. The summed E-state index contributed by atoms with van der Waals surface area (Å²) >= 11 is 0. The lowest BCUT2D eigenvalue weighted by Crippen LogP contribution is -2.44. The van der Waals surface area contributed by atoms with E-state index < -0.39 is 10.4 Å². The Labute approximate surface area is 101 Å². The van der Waals surface area contributed by atoms with Crippen molar-refractivity contribution >= 4 is 16.4 Å². The van der Waals surface area contributed by atoms with Crippen molar-refractivity contribution in [2.24, 2.45) is 0 Å². The molecule has 0 radical (unpaired) electrons. The van der Waals surface area contributed by atoms with Gasteiger partial charge in [-0.05, 0) is 0 Å². The van der Waals surface area contributed by atoms with Gasteiger partial charge in [-0.25, -0.2) is 8.42 Å². The Kier molecular flexibility index (Phi) is 9.16. The number of esters is 1. The minimum absolute atomic E-state index is 0.105. The summed E-state index contributed by atoms with van der Waals surface area (Å²) in [5.41, 5.74) is 0. The van der Waals surface area contributed by atoms with Crippen LogP contribution in [0.4, 0.5) is 0 Å². The smallest absolute Gasteiger partial charge is 0.306 e. The molecular formula is C8H19NO7S. The van der Waals surface area contributed by atoms with Crippen LogP contribution < -0.4 is 0 Å². The van der Waals surface area contributed by atoms with Crippen LogP contribution in [0.1, 0.15) is 6.92 Å². The van der Waals surface area contributed by atoms with Crippen molar-refractivity contribution in [2.75, 3.05) is 41.1 Å². The van der Waals surface area contributed by atoms with E-state index in [1.807, 2.05) is 14.1 Å². The molecule has 0 aliphatic heterocycles. The zero-order valence-electron chi connectivity index (χ0n) is 10.4. The van der Waals surface area contributed by atoms with Gasteiger partial charge in [0.1, 0.15) is 6.54 Å².